The Bertz CT molecular complexity index is 770. The molecule has 28 heavy (non-hydrogen) atoms. The lowest BCUT2D eigenvalue weighted by molar-refractivity contribution is -0.139. The van der Waals surface area contributed by atoms with Crippen molar-refractivity contribution in [2.75, 3.05) is 11.9 Å². The lowest BCUT2D eigenvalue weighted by atomic mass is 10.2. The molecule has 2 aromatic rings. The minimum atomic E-state index is -1.15. The number of carboxylic acids is 1. The number of benzene rings is 2. The number of nitrogens with one attached hydrogen (secondary N) is 2. The van der Waals surface area contributed by atoms with E-state index < -0.39 is 23.7 Å². The van der Waals surface area contributed by atoms with Crippen molar-refractivity contribution in [3.05, 3.63) is 60.2 Å². The van der Waals surface area contributed by atoms with Crippen LogP contribution in [0.15, 0.2) is 54.6 Å². The highest BCUT2D eigenvalue weighted by atomic mass is 16.6. The highest BCUT2D eigenvalue weighted by Gasteiger charge is 2.23. The zero-order valence-electron chi connectivity index (χ0n) is 16.3. The highest BCUT2D eigenvalue weighted by Crippen LogP contribution is 2.17. The number of carbonyl (C=O) groups excluding carboxylic acids is 1. The largest absolute Gasteiger partial charge is 0.489 e. The first kappa shape index (κ1) is 21.1. The van der Waals surface area contributed by atoms with Crippen LogP contribution in [0.5, 0.6) is 5.75 Å². The molecular formula is C21H26N2O5. The van der Waals surface area contributed by atoms with Crippen LogP contribution in [0.2, 0.25) is 0 Å². The average molecular weight is 386 g/mol. The Hall–Kier alpha value is -3.22. The van der Waals surface area contributed by atoms with E-state index in [1.165, 1.54) is 0 Å². The third-order valence-corrected chi connectivity index (χ3v) is 3.60. The Morgan fingerprint density at radius 2 is 1.68 bits per heavy atom. The first-order valence-corrected chi connectivity index (χ1v) is 8.96. The number of hydrogen-bond acceptors (Lipinski definition) is 5. The first-order valence-electron chi connectivity index (χ1n) is 8.96. The summed E-state index contributed by atoms with van der Waals surface area (Å²) >= 11 is 0. The van der Waals surface area contributed by atoms with Gasteiger partial charge in [-0.15, -0.1) is 0 Å². The van der Waals surface area contributed by atoms with Gasteiger partial charge in [0.2, 0.25) is 0 Å². The molecule has 0 heterocycles. The van der Waals surface area contributed by atoms with Gasteiger partial charge in [0.1, 0.15) is 24.0 Å². The SMILES string of the molecule is CC(C)(C)OC(=O)N[C@@H](CNc1ccc(OCc2ccccc2)cc1)C(=O)O. The fraction of sp³-hybridized carbons (Fsp3) is 0.333. The van der Waals surface area contributed by atoms with Crippen LogP contribution in [0.4, 0.5) is 10.5 Å². The van der Waals surface area contributed by atoms with E-state index in [-0.39, 0.29) is 6.54 Å². The molecule has 2 aromatic carbocycles. The van der Waals surface area contributed by atoms with E-state index in [9.17, 15) is 14.7 Å². The van der Waals surface area contributed by atoms with Crippen molar-refractivity contribution in [2.45, 2.75) is 39.0 Å². The molecule has 0 radical (unpaired) electrons. The predicted molar refractivity (Wildman–Crippen MR) is 106 cm³/mol. The molecule has 150 valence electrons. The van der Waals surface area contributed by atoms with Gasteiger partial charge in [-0.05, 0) is 50.6 Å². The molecule has 0 bridgehead atoms. The van der Waals surface area contributed by atoms with E-state index in [4.69, 9.17) is 9.47 Å². The molecule has 0 unspecified atom stereocenters. The summed E-state index contributed by atoms with van der Waals surface area (Å²) in [7, 11) is 0. The van der Waals surface area contributed by atoms with Crippen LogP contribution < -0.4 is 15.4 Å². The van der Waals surface area contributed by atoms with E-state index >= 15 is 0 Å². The molecule has 0 aliphatic heterocycles. The monoisotopic (exact) mass is 386 g/mol. The van der Waals surface area contributed by atoms with Gasteiger partial charge in [-0.3, -0.25) is 0 Å². The van der Waals surface area contributed by atoms with Gasteiger partial charge in [0.05, 0.1) is 0 Å². The molecule has 0 aromatic heterocycles. The molecule has 0 saturated heterocycles. The van der Waals surface area contributed by atoms with Gasteiger partial charge >= 0.3 is 12.1 Å². The van der Waals surface area contributed by atoms with E-state index in [1.54, 1.807) is 45.0 Å². The van der Waals surface area contributed by atoms with Gasteiger partial charge in [-0.1, -0.05) is 30.3 Å². The zero-order chi connectivity index (χ0) is 20.6. The van der Waals surface area contributed by atoms with Crippen molar-refractivity contribution in [3.8, 4) is 5.75 Å². The van der Waals surface area contributed by atoms with Crippen LogP contribution >= 0.6 is 0 Å². The van der Waals surface area contributed by atoms with Crippen molar-refractivity contribution in [2.24, 2.45) is 0 Å². The van der Waals surface area contributed by atoms with Crippen molar-refractivity contribution in [1.29, 1.82) is 0 Å². The number of hydrogen-bond donors (Lipinski definition) is 3. The van der Waals surface area contributed by atoms with Crippen LogP contribution in [-0.4, -0.2) is 35.4 Å². The lowest BCUT2D eigenvalue weighted by Crippen LogP contribution is -2.47. The molecule has 0 aliphatic rings. The third kappa shape index (κ3) is 7.57. The van der Waals surface area contributed by atoms with Crippen molar-refractivity contribution in [3.63, 3.8) is 0 Å². The molecule has 3 N–H and O–H groups in total. The number of alkyl carbamates (subject to hydrolysis) is 1. The van der Waals surface area contributed by atoms with Crippen LogP contribution in [0.1, 0.15) is 26.3 Å². The maximum Gasteiger partial charge on any atom is 0.408 e. The molecule has 0 spiro atoms. The normalized spacial score (nSPS) is 12.0. The average Bonchev–Trinajstić information content (AvgIpc) is 2.63. The quantitative estimate of drug-likeness (QED) is 0.641. The number of anilines is 1. The number of rotatable bonds is 8. The Morgan fingerprint density at radius 1 is 1.04 bits per heavy atom. The summed E-state index contributed by atoms with van der Waals surface area (Å²) in [6.45, 7) is 5.61. The number of carbonyl (C=O) groups is 2. The molecular weight excluding hydrogens is 360 g/mol. The standard InChI is InChI=1S/C21H26N2O5/c1-21(2,3)28-20(26)23-18(19(24)25)13-22-16-9-11-17(12-10-16)27-14-15-7-5-4-6-8-15/h4-12,18,22H,13-14H2,1-3H3,(H,23,26)(H,24,25)/t18-/m0/s1. The Kier molecular flexibility index (Phi) is 7.26. The molecule has 7 heteroatoms. The van der Waals surface area contributed by atoms with Crippen LogP contribution in [-0.2, 0) is 16.1 Å². The molecule has 7 nitrogen and oxygen atoms in total. The van der Waals surface area contributed by atoms with Crippen molar-refractivity contribution in [1.82, 2.24) is 5.32 Å². The van der Waals surface area contributed by atoms with Crippen LogP contribution in [0, 0.1) is 0 Å². The maximum atomic E-state index is 11.8. The maximum absolute atomic E-state index is 11.8. The fourth-order valence-electron chi connectivity index (χ4n) is 2.28. The summed E-state index contributed by atoms with van der Waals surface area (Å²) in [5.41, 5.74) is 1.09. The highest BCUT2D eigenvalue weighted by molar-refractivity contribution is 5.80. The smallest absolute Gasteiger partial charge is 0.408 e. The van der Waals surface area contributed by atoms with Gasteiger partial charge in [0.15, 0.2) is 0 Å². The summed E-state index contributed by atoms with van der Waals surface area (Å²) in [4.78, 5) is 23.1. The second kappa shape index (κ2) is 9.64. The van der Waals surface area contributed by atoms with Gasteiger partial charge < -0.3 is 25.2 Å². The van der Waals surface area contributed by atoms with Gasteiger partial charge in [-0.2, -0.15) is 0 Å². The zero-order valence-corrected chi connectivity index (χ0v) is 16.3. The molecule has 2 rings (SSSR count). The van der Waals surface area contributed by atoms with Crippen LogP contribution in [0.25, 0.3) is 0 Å². The summed E-state index contributed by atoms with van der Waals surface area (Å²) in [6.07, 6.45) is -0.772. The molecule has 0 aliphatic carbocycles. The second-order valence-electron chi connectivity index (χ2n) is 7.22. The van der Waals surface area contributed by atoms with Crippen molar-refractivity contribution >= 4 is 17.7 Å². The molecule has 0 saturated carbocycles. The summed E-state index contributed by atoms with van der Waals surface area (Å²) in [6, 6.07) is 15.9. The predicted octanol–water partition coefficient (Wildman–Crippen LogP) is 3.66. The van der Waals surface area contributed by atoms with E-state index in [1.807, 2.05) is 30.3 Å². The number of ether oxygens (including phenoxy) is 2. The van der Waals surface area contributed by atoms with Crippen molar-refractivity contribution < 1.29 is 24.2 Å². The Balaban J connectivity index is 1.84. The molecule has 1 amide bonds. The minimum Gasteiger partial charge on any atom is -0.489 e. The number of amides is 1. The Morgan fingerprint density at radius 3 is 2.25 bits per heavy atom. The minimum absolute atomic E-state index is 0.0127. The van der Waals surface area contributed by atoms with E-state index in [0.29, 0.717) is 18.0 Å². The van der Waals surface area contributed by atoms with Gasteiger partial charge in [0.25, 0.3) is 0 Å². The topological polar surface area (TPSA) is 96.9 Å². The number of carboxylic acid groups (broad SMARTS) is 1. The van der Waals surface area contributed by atoms with Gasteiger partial charge in [-0.25, -0.2) is 9.59 Å². The van der Waals surface area contributed by atoms with Crippen LogP contribution in [0.3, 0.4) is 0 Å². The fourth-order valence-corrected chi connectivity index (χ4v) is 2.28. The first-order chi connectivity index (χ1) is 13.2. The molecule has 1 atom stereocenters. The summed E-state index contributed by atoms with van der Waals surface area (Å²) < 4.78 is 10.8. The lowest BCUT2D eigenvalue weighted by Gasteiger charge is -2.22. The van der Waals surface area contributed by atoms with Gasteiger partial charge in [0, 0.05) is 12.2 Å². The second-order valence-corrected chi connectivity index (χ2v) is 7.22. The summed E-state index contributed by atoms with van der Waals surface area (Å²) in [5, 5.41) is 14.6. The summed E-state index contributed by atoms with van der Waals surface area (Å²) in [5.74, 6) is -0.447. The molecule has 0 fully saturated rings. The van der Waals surface area contributed by atoms with E-state index in [2.05, 4.69) is 10.6 Å². The third-order valence-electron chi connectivity index (χ3n) is 3.60. The Labute approximate surface area is 164 Å². The van der Waals surface area contributed by atoms with E-state index in [0.717, 1.165) is 5.56 Å². The number of aliphatic carboxylic acids is 1.